The fraction of sp³-hybridized carbons (Fsp3) is 0.222. The van der Waals surface area contributed by atoms with E-state index in [0.29, 0.717) is 16.9 Å². The zero-order valence-corrected chi connectivity index (χ0v) is 14.0. The largest absolute Gasteiger partial charge is 0.398 e. The highest BCUT2D eigenvalue weighted by Crippen LogP contribution is 2.19. The van der Waals surface area contributed by atoms with Crippen molar-refractivity contribution in [2.45, 2.75) is 26.3 Å². The first-order valence-electron chi connectivity index (χ1n) is 7.61. The van der Waals surface area contributed by atoms with Gasteiger partial charge in [0.05, 0.1) is 11.1 Å². The maximum atomic E-state index is 12.8. The van der Waals surface area contributed by atoms with E-state index in [2.05, 4.69) is 10.7 Å². The molecule has 2 rings (SSSR count). The van der Waals surface area contributed by atoms with Crippen molar-refractivity contribution in [2.75, 3.05) is 11.1 Å². The van der Waals surface area contributed by atoms with E-state index in [1.54, 1.807) is 36.4 Å². The van der Waals surface area contributed by atoms with Crippen molar-refractivity contribution < 1.29 is 9.59 Å². The Morgan fingerprint density at radius 3 is 2.12 bits per heavy atom. The van der Waals surface area contributed by atoms with Crippen LogP contribution in [0.2, 0.25) is 0 Å². The van der Waals surface area contributed by atoms with Crippen LogP contribution >= 0.6 is 0 Å². The van der Waals surface area contributed by atoms with Crippen LogP contribution in [0.15, 0.2) is 54.6 Å². The van der Waals surface area contributed by atoms with Crippen molar-refractivity contribution in [2.24, 2.45) is 0 Å². The van der Waals surface area contributed by atoms with Gasteiger partial charge in [-0.25, -0.2) is 15.2 Å². The van der Waals surface area contributed by atoms with Crippen molar-refractivity contribution >= 4 is 23.3 Å². The number of amides is 3. The Balaban J connectivity index is 2.19. The first-order valence-corrected chi connectivity index (χ1v) is 7.61. The van der Waals surface area contributed by atoms with E-state index >= 15 is 0 Å². The fourth-order valence-corrected chi connectivity index (χ4v) is 2.12. The quantitative estimate of drug-likeness (QED) is 0.585. The van der Waals surface area contributed by atoms with Gasteiger partial charge in [0.15, 0.2) is 0 Å². The Kier molecular flexibility index (Phi) is 5.08. The second kappa shape index (κ2) is 7.04. The molecule has 0 spiro atoms. The van der Waals surface area contributed by atoms with E-state index < -0.39 is 11.6 Å². The lowest BCUT2D eigenvalue weighted by molar-refractivity contribution is 0.0462. The molecular formula is C18H22N4O2. The molecule has 0 atom stereocenters. The van der Waals surface area contributed by atoms with Gasteiger partial charge in [0.1, 0.15) is 0 Å². The maximum absolute atomic E-state index is 12.8. The van der Waals surface area contributed by atoms with Gasteiger partial charge in [-0.2, -0.15) is 0 Å². The molecule has 126 valence electrons. The van der Waals surface area contributed by atoms with E-state index in [9.17, 15) is 9.59 Å². The van der Waals surface area contributed by atoms with E-state index in [4.69, 9.17) is 5.73 Å². The van der Waals surface area contributed by atoms with E-state index in [-0.39, 0.29) is 5.91 Å². The number of nitrogens with two attached hydrogens (primary N) is 1. The molecule has 0 aliphatic rings. The zero-order chi connectivity index (χ0) is 17.7. The number of hydrogen-bond acceptors (Lipinski definition) is 3. The first kappa shape index (κ1) is 17.3. The Bertz CT molecular complexity index is 723. The Morgan fingerprint density at radius 1 is 0.958 bits per heavy atom. The summed E-state index contributed by atoms with van der Waals surface area (Å²) >= 11 is 0. The number of nitrogen functional groups attached to an aromatic ring is 1. The Hall–Kier alpha value is -3.02. The summed E-state index contributed by atoms with van der Waals surface area (Å²) in [6.45, 7) is 5.48. The van der Waals surface area contributed by atoms with Gasteiger partial charge < -0.3 is 11.1 Å². The Morgan fingerprint density at radius 2 is 1.54 bits per heavy atom. The number of hydrogen-bond donors (Lipinski definition) is 3. The van der Waals surface area contributed by atoms with Crippen molar-refractivity contribution in [3.63, 3.8) is 0 Å². The molecule has 2 aromatic rings. The molecule has 0 aliphatic heterocycles. The fourth-order valence-electron chi connectivity index (χ4n) is 2.12. The highest BCUT2D eigenvalue weighted by molar-refractivity contribution is 6.01. The van der Waals surface area contributed by atoms with Gasteiger partial charge in [-0.1, -0.05) is 30.3 Å². The molecule has 0 heterocycles. The molecule has 0 saturated heterocycles. The number of rotatable bonds is 2. The van der Waals surface area contributed by atoms with Crippen LogP contribution in [-0.2, 0) is 0 Å². The van der Waals surface area contributed by atoms with Gasteiger partial charge in [-0.15, -0.1) is 0 Å². The molecule has 0 radical (unpaired) electrons. The van der Waals surface area contributed by atoms with Gasteiger partial charge in [0.25, 0.3) is 5.91 Å². The molecular weight excluding hydrogens is 304 g/mol. The average molecular weight is 326 g/mol. The number of carbonyl (C=O) groups is 2. The molecule has 0 bridgehead atoms. The third kappa shape index (κ3) is 4.25. The van der Waals surface area contributed by atoms with Crippen molar-refractivity contribution in [3.8, 4) is 0 Å². The number of hydrazine groups is 1. The maximum Gasteiger partial charge on any atom is 0.338 e. The average Bonchev–Trinajstić information content (AvgIpc) is 2.52. The van der Waals surface area contributed by atoms with Crippen LogP contribution < -0.4 is 16.5 Å². The number of para-hydroxylation sites is 2. The highest BCUT2D eigenvalue weighted by atomic mass is 16.2. The highest BCUT2D eigenvalue weighted by Gasteiger charge is 2.30. The van der Waals surface area contributed by atoms with Gasteiger partial charge in [-0.3, -0.25) is 4.79 Å². The molecule has 4 N–H and O–H groups in total. The second-order valence-electron chi connectivity index (χ2n) is 6.33. The topological polar surface area (TPSA) is 87.5 Å². The monoisotopic (exact) mass is 326 g/mol. The minimum atomic E-state index is -0.632. The van der Waals surface area contributed by atoms with Gasteiger partial charge >= 0.3 is 6.03 Å². The van der Waals surface area contributed by atoms with Crippen LogP contribution in [0.25, 0.3) is 0 Å². The third-order valence-electron chi connectivity index (χ3n) is 3.31. The normalized spacial score (nSPS) is 10.8. The number of benzene rings is 2. The number of carbonyl (C=O) groups excluding carboxylic acids is 2. The standard InChI is InChI=1S/C18H22N4O2/c1-18(2,3)22(16(23)14-11-7-8-12-15(14)19)21-17(24)20-13-9-5-4-6-10-13/h4-12H,19H2,1-3H3,(H2,20,21,24). The van der Waals surface area contributed by atoms with Crippen molar-refractivity contribution in [1.29, 1.82) is 0 Å². The molecule has 6 heteroatoms. The molecule has 0 aromatic heterocycles. The van der Waals surface area contributed by atoms with E-state index in [1.807, 2.05) is 39.0 Å². The van der Waals surface area contributed by atoms with Crippen LogP contribution in [-0.4, -0.2) is 22.5 Å². The molecule has 3 amide bonds. The van der Waals surface area contributed by atoms with Crippen LogP contribution in [0.4, 0.5) is 16.2 Å². The molecule has 0 unspecified atom stereocenters. The van der Waals surface area contributed by atoms with Gasteiger partial charge in [-0.05, 0) is 45.0 Å². The van der Waals surface area contributed by atoms with Crippen molar-refractivity contribution in [1.82, 2.24) is 10.4 Å². The summed E-state index contributed by atoms with van der Waals surface area (Å²) in [5.41, 5.74) is 9.20. The first-order chi connectivity index (χ1) is 11.3. The lowest BCUT2D eigenvalue weighted by Gasteiger charge is -2.35. The zero-order valence-electron chi connectivity index (χ0n) is 14.0. The summed E-state index contributed by atoms with van der Waals surface area (Å²) in [6.07, 6.45) is 0. The van der Waals surface area contributed by atoms with Crippen LogP contribution in [0.3, 0.4) is 0 Å². The lowest BCUT2D eigenvalue weighted by Crippen LogP contribution is -2.56. The molecule has 6 nitrogen and oxygen atoms in total. The molecule has 2 aromatic carbocycles. The summed E-state index contributed by atoms with van der Waals surface area (Å²) < 4.78 is 0. The van der Waals surface area contributed by atoms with E-state index in [0.717, 1.165) is 0 Å². The minimum Gasteiger partial charge on any atom is -0.398 e. The smallest absolute Gasteiger partial charge is 0.338 e. The predicted octanol–water partition coefficient (Wildman–Crippen LogP) is 3.25. The SMILES string of the molecule is CC(C)(C)N(NC(=O)Nc1ccccc1)C(=O)c1ccccc1N. The third-order valence-corrected chi connectivity index (χ3v) is 3.31. The summed E-state index contributed by atoms with van der Waals surface area (Å²) in [5.74, 6) is -0.371. The van der Waals surface area contributed by atoms with Gasteiger partial charge in [0, 0.05) is 11.4 Å². The summed E-state index contributed by atoms with van der Waals surface area (Å²) in [7, 11) is 0. The minimum absolute atomic E-state index is 0.340. The van der Waals surface area contributed by atoms with Crippen molar-refractivity contribution in [3.05, 3.63) is 60.2 Å². The summed E-state index contributed by atoms with van der Waals surface area (Å²) in [5, 5.41) is 3.97. The number of anilines is 2. The molecule has 24 heavy (non-hydrogen) atoms. The van der Waals surface area contributed by atoms with E-state index in [1.165, 1.54) is 5.01 Å². The predicted molar refractivity (Wildman–Crippen MR) is 95.4 cm³/mol. The Labute approximate surface area is 141 Å². The van der Waals surface area contributed by atoms with Crippen LogP contribution in [0.5, 0.6) is 0 Å². The van der Waals surface area contributed by atoms with Gasteiger partial charge in [0.2, 0.25) is 0 Å². The van der Waals surface area contributed by atoms with Crippen LogP contribution in [0, 0.1) is 0 Å². The summed E-state index contributed by atoms with van der Waals surface area (Å²) in [6, 6.07) is 15.3. The lowest BCUT2D eigenvalue weighted by atomic mass is 10.1. The molecule has 0 saturated carbocycles. The summed E-state index contributed by atoms with van der Waals surface area (Å²) in [4.78, 5) is 25.0. The molecule has 0 aliphatic carbocycles. The molecule has 0 fully saturated rings. The number of nitrogens with zero attached hydrogens (tertiary/aromatic N) is 1. The second-order valence-corrected chi connectivity index (χ2v) is 6.33. The number of nitrogens with one attached hydrogen (secondary N) is 2. The number of urea groups is 1. The van der Waals surface area contributed by atoms with Crippen LogP contribution in [0.1, 0.15) is 31.1 Å².